The highest BCUT2D eigenvalue weighted by molar-refractivity contribution is 5.42. The second kappa shape index (κ2) is 12.4. The maximum atomic E-state index is 2.98. The second-order valence-corrected chi connectivity index (χ2v) is 17.0. The summed E-state index contributed by atoms with van der Waals surface area (Å²) in [6.07, 6.45) is 47.3. The lowest BCUT2D eigenvalue weighted by molar-refractivity contribution is 0.0729. The molecule has 0 radical (unpaired) electrons. The number of fused-ring (bicyclic) bond motifs is 3. The molecule has 0 spiro atoms. The van der Waals surface area contributed by atoms with Crippen LogP contribution in [0.1, 0.15) is 117 Å². The monoisotopic (exact) mass is 614 g/mol. The Morgan fingerprint density at radius 1 is 0.587 bits per heavy atom. The van der Waals surface area contributed by atoms with E-state index in [9.17, 15) is 0 Å². The molecule has 0 aromatic rings. The largest absolute Gasteiger partial charge is 0.214 e. The fourth-order valence-corrected chi connectivity index (χ4v) is 12.1. The normalized spacial score (nSPS) is 44.8. The number of allylic oxidation sites excluding steroid dienone is 15. The van der Waals surface area contributed by atoms with E-state index in [2.05, 4.69) is 84.6 Å². The fourth-order valence-electron chi connectivity index (χ4n) is 12.1. The van der Waals surface area contributed by atoms with Gasteiger partial charge in [-0.1, -0.05) is 77.5 Å². The van der Waals surface area contributed by atoms with E-state index in [1.165, 1.54) is 103 Å². The van der Waals surface area contributed by atoms with Gasteiger partial charge in [0.05, 0.1) is 0 Å². The van der Waals surface area contributed by atoms with Crippen LogP contribution in [0.25, 0.3) is 0 Å². The average Bonchev–Trinajstić information content (AvgIpc) is 3.71. The molecule has 1 saturated carbocycles. The summed E-state index contributed by atoms with van der Waals surface area (Å²) in [4.78, 5) is 0. The Bertz CT molecular complexity index is 1460. The lowest BCUT2D eigenvalue weighted by atomic mass is 9.56. The van der Waals surface area contributed by atoms with Gasteiger partial charge in [-0.3, -0.25) is 0 Å². The Labute approximate surface area is 279 Å². The van der Waals surface area contributed by atoms with Crippen molar-refractivity contribution in [3.05, 3.63) is 94.2 Å². The van der Waals surface area contributed by atoms with Crippen molar-refractivity contribution in [2.24, 2.45) is 41.4 Å². The van der Waals surface area contributed by atoms with Crippen molar-refractivity contribution in [3.63, 3.8) is 0 Å². The Morgan fingerprint density at radius 2 is 1.41 bits per heavy atom. The third-order valence-corrected chi connectivity index (χ3v) is 14.5. The molecule has 0 amide bonds. The van der Waals surface area contributed by atoms with Crippen molar-refractivity contribution in [3.8, 4) is 0 Å². The molecule has 12 atom stereocenters. The zero-order chi connectivity index (χ0) is 30.8. The van der Waals surface area contributed by atoms with Gasteiger partial charge >= 0.3 is 0 Å². The molecule has 0 N–H and O–H groups in total. The molecule has 0 aromatic heterocycles. The van der Waals surface area contributed by atoms with Crippen LogP contribution in [0.5, 0.6) is 0 Å². The van der Waals surface area contributed by atoms with Crippen LogP contribution < -0.4 is 0 Å². The number of hydrazine groups is 1. The molecule has 2 nitrogen and oxygen atoms in total. The van der Waals surface area contributed by atoms with E-state index in [0.29, 0.717) is 6.17 Å². The van der Waals surface area contributed by atoms with Crippen LogP contribution in [-0.4, -0.2) is 28.3 Å². The maximum Gasteiger partial charge on any atom is 0.112 e. The fraction of sp³-hybridized carbons (Fsp3) is 0.636. The molecule has 7 aliphatic carbocycles. The molecular formula is C44H58N2. The van der Waals surface area contributed by atoms with E-state index in [4.69, 9.17) is 0 Å². The predicted molar refractivity (Wildman–Crippen MR) is 191 cm³/mol. The molecule has 9 aliphatic rings. The summed E-state index contributed by atoms with van der Waals surface area (Å²) in [5.41, 5.74) is 10.2. The molecule has 244 valence electrons. The van der Waals surface area contributed by atoms with Gasteiger partial charge in [0.15, 0.2) is 0 Å². The van der Waals surface area contributed by atoms with Crippen LogP contribution in [0.2, 0.25) is 0 Å². The minimum Gasteiger partial charge on any atom is -0.214 e. The van der Waals surface area contributed by atoms with Crippen LogP contribution in [0.4, 0.5) is 0 Å². The first-order chi connectivity index (χ1) is 22.6. The van der Waals surface area contributed by atoms with Gasteiger partial charge in [0.2, 0.25) is 0 Å². The number of hydrogen-bond donors (Lipinski definition) is 0. The lowest BCUT2D eigenvalue weighted by Gasteiger charge is -2.49. The molecule has 12 unspecified atom stereocenters. The van der Waals surface area contributed by atoms with Crippen LogP contribution >= 0.6 is 0 Å². The first kappa shape index (κ1) is 29.9. The molecule has 9 rings (SSSR count). The number of rotatable bonds is 5. The molecule has 2 heteroatoms. The topological polar surface area (TPSA) is 6.02 Å². The van der Waals surface area contributed by atoms with Gasteiger partial charge in [-0.05, 0) is 175 Å². The van der Waals surface area contributed by atoms with Gasteiger partial charge < -0.3 is 0 Å². The van der Waals surface area contributed by atoms with E-state index in [1.54, 1.807) is 33.4 Å². The van der Waals surface area contributed by atoms with E-state index in [0.717, 1.165) is 53.5 Å². The summed E-state index contributed by atoms with van der Waals surface area (Å²) in [7, 11) is 0. The lowest BCUT2D eigenvalue weighted by Crippen LogP contribution is -2.42. The van der Waals surface area contributed by atoms with Crippen molar-refractivity contribution >= 4 is 0 Å². The minimum atomic E-state index is 0.583. The summed E-state index contributed by atoms with van der Waals surface area (Å²) in [6, 6.07) is 1.48. The van der Waals surface area contributed by atoms with Gasteiger partial charge in [0, 0.05) is 12.1 Å². The van der Waals surface area contributed by atoms with Crippen molar-refractivity contribution in [1.82, 2.24) is 10.0 Å². The van der Waals surface area contributed by atoms with Crippen LogP contribution in [0, 0.1) is 41.4 Å². The molecule has 2 aliphatic heterocycles. The number of nitrogens with zero attached hydrogens (tertiary/aromatic N) is 2. The van der Waals surface area contributed by atoms with Crippen molar-refractivity contribution in [1.29, 1.82) is 0 Å². The van der Waals surface area contributed by atoms with E-state index in [1.807, 2.05) is 0 Å². The summed E-state index contributed by atoms with van der Waals surface area (Å²) in [5.74, 6) is 5.81. The standard InChI is InChI=1S/C44H58N2/c1-29-16-20-32(21-17-29)42-28-43(46-44(45(42)46)33-22-18-30(2)19-23-33)37-25-35(31-10-4-3-5-11-31)24-36(26-37)41-27-34-12-6-7-13-38(34)39-14-8-9-15-40(39)41/h3-4,7-8,10,13-14,16,18,22,32,34-37,40-44H,5-6,9,11-12,15,17,19-21,23-28H2,1-2H3. The van der Waals surface area contributed by atoms with E-state index < -0.39 is 0 Å². The zero-order valence-corrected chi connectivity index (χ0v) is 28.8. The molecule has 3 fully saturated rings. The second-order valence-electron chi connectivity index (χ2n) is 17.0. The quantitative estimate of drug-likeness (QED) is 0.224. The third-order valence-electron chi connectivity index (χ3n) is 14.5. The van der Waals surface area contributed by atoms with Crippen molar-refractivity contribution in [2.75, 3.05) is 0 Å². The Hall–Kier alpha value is -2.16. The Kier molecular flexibility index (Phi) is 8.06. The van der Waals surface area contributed by atoms with Gasteiger partial charge in [-0.25, -0.2) is 10.0 Å². The summed E-state index contributed by atoms with van der Waals surface area (Å²) < 4.78 is 0. The summed E-state index contributed by atoms with van der Waals surface area (Å²) in [6.45, 7) is 4.68. The Morgan fingerprint density at radius 3 is 2.20 bits per heavy atom. The van der Waals surface area contributed by atoms with E-state index >= 15 is 0 Å². The molecular weight excluding hydrogens is 556 g/mol. The first-order valence-electron chi connectivity index (χ1n) is 19.6. The predicted octanol–water partition coefficient (Wildman–Crippen LogP) is 11.0. The molecule has 2 heterocycles. The van der Waals surface area contributed by atoms with Gasteiger partial charge in [-0.15, -0.1) is 0 Å². The maximum absolute atomic E-state index is 2.98. The van der Waals surface area contributed by atoms with Crippen LogP contribution in [0.15, 0.2) is 94.2 Å². The zero-order valence-electron chi connectivity index (χ0n) is 28.8. The molecule has 2 saturated heterocycles. The highest BCUT2D eigenvalue weighted by atomic mass is 15.9. The van der Waals surface area contributed by atoms with Gasteiger partial charge in [-0.2, -0.15) is 0 Å². The summed E-state index contributed by atoms with van der Waals surface area (Å²) in [5, 5.41) is 5.93. The SMILES string of the molecule is CC1=CC=C(C2N3C(C4CC=C(C)CC4)CC(C4CC(C5=CC=CCC5)CC(C5CC6CCC=CC6=C6C=CCCC65)C4)N23)CC1. The van der Waals surface area contributed by atoms with Crippen molar-refractivity contribution in [2.45, 2.75) is 135 Å². The Balaban J connectivity index is 1.04. The third kappa shape index (κ3) is 5.38. The highest BCUT2D eigenvalue weighted by Crippen LogP contribution is 2.58. The smallest absolute Gasteiger partial charge is 0.112 e. The summed E-state index contributed by atoms with van der Waals surface area (Å²) >= 11 is 0. The average molecular weight is 615 g/mol. The first-order valence-corrected chi connectivity index (χ1v) is 19.6. The molecule has 0 aromatic carbocycles. The minimum absolute atomic E-state index is 0.583. The highest BCUT2D eigenvalue weighted by Gasteiger charge is 2.63. The van der Waals surface area contributed by atoms with Gasteiger partial charge in [0.25, 0.3) is 0 Å². The molecule has 46 heavy (non-hydrogen) atoms. The van der Waals surface area contributed by atoms with Crippen LogP contribution in [-0.2, 0) is 0 Å². The van der Waals surface area contributed by atoms with E-state index in [-0.39, 0.29) is 0 Å². The van der Waals surface area contributed by atoms with Crippen LogP contribution in [0.3, 0.4) is 0 Å². The van der Waals surface area contributed by atoms with Gasteiger partial charge in [0.1, 0.15) is 6.17 Å². The number of hydrogen-bond acceptors (Lipinski definition) is 2. The van der Waals surface area contributed by atoms with Crippen molar-refractivity contribution < 1.29 is 0 Å². The molecule has 0 bridgehead atoms.